The molecule has 108 valence electrons. The van der Waals surface area contributed by atoms with Crippen molar-refractivity contribution in [1.82, 2.24) is 19.8 Å². The number of rotatable bonds is 3. The molecule has 1 aromatic carbocycles. The maximum atomic E-state index is 5.12. The first-order valence-corrected chi connectivity index (χ1v) is 7.68. The van der Waals surface area contributed by atoms with E-state index < -0.39 is 0 Å². The Kier molecular flexibility index (Phi) is 3.08. The summed E-state index contributed by atoms with van der Waals surface area (Å²) in [7, 11) is 1.65. The molecular weight excluding hydrogens is 286 g/mol. The van der Waals surface area contributed by atoms with Crippen LogP contribution in [0.5, 0.6) is 0 Å². The van der Waals surface area contributed by atoms with Crippen molar-refractivity contribution in [3.63, 3.8) is 0 Å². The Balaban J connectivity index is 1.65. The fourth-order valence-corrected chi connectivity index (χ4v) is 3.63. The number of benzene rings is 1. The van der Waals surface area contributed by atoms with Crippen molar-refractivity contribution in [3.8, 4) is 0 Å². The molecule has 0 saturated carbocycles. The highest BCUT2D eigenvalue weighted by molar-refractivity contribution is 7.16. The van der Waals surface area contributed by atoms with Gasteiger partial charge in [0.15, 0.2) is 5.82 Å². The molecule has 0 fully saturated rings. The zero-order chi connectivity index (χ0) is 14.2. The molecule has 0 saturated heterocycles. The number of nitrogens with one attached hydrogen (secondary N) is 1. The van der Waals surface area contributed by atoms with Crippen molar-refractivity contribution in [1.29, 1.82) is 0 Å². The van der Waals surface area contributed by atoms with Gasteiger partial charge in [-0.2, -0.15) is 9.61 Å². The fourth-order valence-electron chi connectivity index (χ4n) is 2.67. The van der Waals surface area contributed by atoms with Crippen molar-refractivity contribution in [2.45, 2.75) is 18.9 Å². The Bertz CT molecular complexity index is 781. The highest BCUT2D eigenvalue weighted by Crippen LogP contribution is 2.32. The number of para-hydroxylation sites is 1. The summed E-state index contributed by atoms with van der Waals surface area (Å²) in [6.45, 7) is 1.33. The van der Waals surface area contributed by atoms with Crippen LogP contribution < -0.4 is 5.32 Å². The molecule has 0 spiro atoms. The van der Waals surface area contributed by atoms with E-state index in [9.17, 15) is 0 Å². The van der Waals surface area contributed by atoms with Gasteiger partial charge in [0.25, 0.3) is 0 Å². The number of hydrogen-bond donors (Lipinski definition) is 1. The normalized spacial score (nSPS) is 17.7. The van der Waals surface area contributed by atoms with Crippen LogP contribution in [0.25, 0.3) is 4.96 Å². The average Bonchev–Trinajstić information content (AvgIpc) is 3.09. The van der Waals surface area contributed by atoms with E-state index in [1.165, 1.54) is 11.3 Å². The highest BCUT2D eigenvalue weighted by atomic mass is 32.1. The van der Waals surface area contributed by atoms with E-state index in [2.05, 4.69) is 44.9 Å². The Hall–Kier alpha value is -1.99. The monoisotopic (exact) mass is 301 g/mol. The molecule has 0 bridgehead atoms. The van der Waals surface area contributed by atoms with Crippen LogP contribution in [0.15, 0.2) is 24.3 Å². The number of nitrogens with zero attached hydrogens (tertiary/aromatic N) is 4. The van der Waals surface area contributed by atoms with Gasteiger partial charge in [0.2, 0.25) is 4.96 Å². The van der Waals surface area contributed by atoms with Crippen LogP contribution in [0.2, 0.25) is 0 Å². The predicted molar refractivity (Wildman–Crippen MR) is 80.7 cm³/mol. The minimum absolute atomic E-state index is 0.377. The van der Waals surface area contributed by atoms with Crippen LogP contribution in [-0.4, -0.2) is 33.5 Å². The number of aromatic nitrogens is 4. The van der Waals surface area contributed by atoms with E-state index in [1.54, 1.807) is 23.0 Å². The Morgan fingerprint density at radius 3 is 3.19 bits per heavy atom. The molecule has 1 atom stereocenters. The van der Waals surface area contributed by atoms with E-state index in [0.29, 0.717) is 12.5 Å². The summed E-state index contributed by atoms with van der Waals surface area (Å²) in [4.78, 5) is 0.830. The van der Waals surface area contributed by atoms with Crippen LogP contribution >= 0.6 is 11.3 Å². The lowest BCUT2D eigenvalue weighted by Crippen LogP contribution is -2.21. The molecule has 21 heavy (non-hydrogen) atoms. The third-order valence-corrected chi connectivity index (χ3v) is 4.78. The van der Waals surface area contributed by atoms with Crippen molar-refractivity contribution in [2.75, 3.05) is 19.0 Å². The maximum Gasteiger partial charge on any atom is 0.234 e. The van der Waals surface area contributed by atoms with Crippen molar-refractivity contribution in [2.24, 2.45) is 0 Å². The van der Waals surface area contributed by atoms with Crippen molar-refractivity contribution in [3.05, 3.63) is 40.7 Å². The molecule has 3 aromatic rings. The molecule has 4 rings (SSSR count). The third-order valence-electron chi connectivity index (χ3n) is 3.72. The second-order valence-corrected chi connectivity index (χ2v) is 6.11. The molecule has 0 radical (unpaired) electrons. The number of anilines is 1. The molecule has 0 aliphatic carbocycles. The van der Waals surface area contributed by atoms with Crippen LogP contribution in [0.4, 0.5) is 5.69 Å². The summed E-state index contributed by atoms with van der Waals surface area (Å²) in [5.41, 5.74) is 2.58. The maximum absolute atomic E-state index is 5.12. The molecule has 6 nitrogen and oxygen atoms in total. The Labute approximate surface area is 125 Å². The zero-order valence-electron chi connectivity index (χ0n) is 11.6. The number of fused-ring (bicyclic) bond motifs is 2. The molecule has 3 heterocycles. The summed E-state index contributed by atoms with van der Waals surface area (Å²) in [5.74, 6) is 1.13. The number of ether oxygens (including phenoxy) is 1. The van der Waals surface area contributed by atoms with Gasteiger partial charge in [0.05, 0.1) is 0 Å². The Morgan fingerprint density at radius 2 is 2.29 bits per heavy atom. The molecule has 0 amide bonds. The first kappa shape index (κ1) is 12.7. The summed E-state index contributed by atoms with van der Waals surface area (Å²) < 4.78 is 6.92. The van der Waals surface area contributed by atoms with E-state index in [0.717, 1.165) is 28.8 Å². The zero-order valence-corrected chi connectivity index (χ0v) is 12.4. The topological polar surface area (TPSA) is 64.3 Å². The summed E-state index contributed by atoms with van der Waals surface area (Å²) in [6, 6.07) is 8.44. The number of hydrogen-bond acceptors (Lipinski definition) is 6. The first-order valence-electron chi connectivity index (χ1n) is 6.87. The third kappa shape index (κ3) is 2.18. The van der Waals surface area contributed by atoms with Gasteiger partial charge in [-0.1, -0.05) is 29.5 Å². The van der Waals surface area contributed by atoms with Gasteiger partial charge in [-0.25, -0.2) is 0 Å². The predicted octanol–water partition coefficient (Wildman–Crippen LogP) is 2.08. The van der Waals surface area contributed by atoms with Crippen LogP contribution in [0, 0.1) is 0 Å². The van der Waals surface area contributed by atoms with Gasteiger partial charge in [-0.15, -0.1) is 10.2 Å². The largest absolute Gasteiger partial charge is 0.384 e. The van der Waals surface area contributed by atoms with Gasteiger partial charge in [0.1, 0.15) is 11.6 Å². The van der Waals surface area contributed by atoms with Gasteiger partial charge in [-0.3, -0.25) is 0 Å². The van der Waals surface area contributed by atoms with Gasteiger partial charge >= 0.3 is 0 Å². The molecule has 2 aromatic heterocycles. The van der Waals surface area contributed by atoms with Crippen LogP contribution in [-0.2, 0) is 17.8 Å². The van der Waals surface area contributed by atoms with E-state index in [1.807, 2.05) is 0 Å². The minimum atomic E-state index is 0.377. The van der Waals surface area contributed by atoms with Crippen LogP contribution in [0.1, 0.15) is 22.3 Å². The van der Waals surface area contributed by atoms with E-state index >= 15 is 0 Å². The Morgan fingerprint density at radius 1 is 1.38 bits per heavy atom. The van der Waals surface area contributed by atoms with Crippen LogP contribution in [0.3, 0.4) is 0 Å². The lowest BCUT2D eigenvalue weighted by Gasteiger charge is -2.24. The molecule has 7 heteroatoms. The quantitative estimate of drug-likeness (QED) is 0.802. The van der Waals surface area contributed by atoms with E-state index in [-0.39, 0.29) is 0 Å². The molecule has 1 aliphatic heterocycles. The first-order chi connectivity index (χ1) is 10.3. The summed E-state index contributed by atoms with van der Waals surface area (Å²) >= 11 is 1.61. The highest BCUT2D eigenvalue weighted by Gasteiger charge is 2.24. The fraction of sp³-hybridized carbons (Fsp3) is 0.357. The SMILES string of the molecule is COCc1nnc2sc(C3CNc4ccccc4C3)nn12. The lowest BCUT2D eigenvalue weighted by atomic mass is 9.95. The average molecular weight is 301 g/mol. The second-order valence-electron chi connectivity index (χ2n) is 5.12. The smallest absolute Gasteiger partial charge is 0.234 e. The lowest BCUT2D eigenvalue weighted by molar-refractivity contribution is 0.176. The molecular formula is C14H15N5OS. The van der Waals surface area contributed by atoms with Gasteiger partial charge < -0.3 is 10.1 Å². The second kappa shape index (κ2) is 5.09. The summed E-state index contributed by atoms with van der Waals surface area (Å²) in [6.07, 6.45) is 1.01. The number of methoxy groups -OCH3 is 1. The summed E-state index contributed by atoms with van der Waals surface area (Å²) in [5, 5.41) is 17.5. The van der Waals surface area contributed by atoms with E-state index in [4.69, 9.17) is 4.74 Å². The standard InChI is InChI=1S/C14H15N5OS/c1-20-8-12-16-17-14-19(12)18-13(21-14)10-6-9-4-2-3-5-11(9)15-7-10/h2-5,10,15H,6-8H2,1H3. The molecule has 1 unspecified atom stereocenters. The van der Waals surface area contributed by atoms with Gasteiger partial charge in [0, 0.05) is 25.3 Å². The molecule has 1 N–H and O–H groups in total. The van der Waals surface area contributed by atoms with Crippen molar-refractivity contribution >= 4 is 22.0 Å². The molecule has 1 aliphatic rings. The van der Waals surface area contributed by atoms with Gasteiger partial charge in [-0.05, 0) is 18.1 Å². The minimum Gasteiger partial charge on any atom is -0.384 e. The van der Waals surface area contributed by atoms with Crippen molar-refractivity contribution < 1.29 is 4.74 Å².